The van der Waals surface area contributed by atoms with E-state index in [2.05, 4.69) is 37.9 Å². The van der Waals surface area contributed by atoms with E-state index in [1.54, 1.807) is 0 Å². The lowest BCUT2D eigenvalue weighted by molar-refractivity contribution is -0.148. The largest absolute Gasteiger partial charge is 0.468 e. The standard InChI is InChI=1S/C16H34N2O2/c1-8-14(9-2)18(12-13(3)4)11-10-16(5,17-6)15(19)20-7/h13-14,17H,8-12H2,1-7H3. The van der Waals surface area contributed by atoms with Gasteiger partial charge in [-0.25, -0.2) is 0 Å². The summed E-state index contributed by atoms with van der Waals surface area (Å²) in [5, 5.41) is 3.11. The van der Waals surface area contributed by atoms with Crippen LogP contribution in [0.25, 0.3) is 0 Å². The predicted molar refractivity (Wildman–Crippen MR) is 84.9 cm³/mol. The Hall–Kier alpha value is -0.610. The van der Waals surface area contributed by atoms with Crippen LogP contribution in [0.3, 0.4) is 0 Å². The van der Waals surface area contributed by atoms with Crippen molar-refractivity contribution < 1.29 is 9.53 Å². The van der Waals surface area contributed by atoms with Gasteiger partial charge in [0.25, 0.3) is 0 Å². The van der Waals surface area contributed by atoms with Crippen molar-refractivity contribution in [2.24, 2.45) is 5.92 Å². The fraction of sp³-hybridized carbons (Fsp3) is 0.938. The first-order valence-corrected chi connectivity index (χ1v) is 7.85. The van der Waals surface area contributed by atoms with Gasteiger partial charge in [-0.2, -0.15) is 0 Å². The average Bonchev–Trinajstić information content (AvgIpc) is 2.43. The molecule has 0 rings (SSSR count). The molecule has 0 aliphatic rings. The lowest BCUT2D eigenvalue weighted by atomic mass is 9.96. The lowest BCUT2D eigenvalue weighted by Crippen LogP contribution is -2.51. The Bertz CT molecular complexity index is 278. The number of rotatable bonds is 10. The molecule has 0 radical (unpaired) electrons. The minimum absolute atomic E-state index is 0.186. The zero-order valence-electron chi connectivity index (χ0n) is 14.5. The van der Waals surface area contributed by atoms with Crippen LogP contribution in [0.5, 0.6) is 0 Å². The van der Waals surface area contributed by atoms with Crippen LogP contribution in [-0.2, 0) is 9.53 Å². The van der Waals surface area contributed by atoms with E-state index >= 15 is 0 Å². The van der Waals surface area contributed by atoms with Crippen molar-refractivity contribution in [1.29, 1.82) is 0 Å². The first kappa shape index (κ1) is 19.4. The molecule has 120 valence electrons. The predicted octanol–water partition coefficient (Wildman–Crippen LogP) is 2.67. The molecule has 0 aromatic carbocycles. The highest BCUT2D eigenvalue weighted by molar-refractivity contribution is 5.80. The molecule has 0 fully saturated rings. The Morgan fingerprint density at radius 1 is 1.30 bits per heavy atom. The Labute approximate surface area is 125 Å². The monoisotopic (exact) mass is 286 g/mol. The summed E-state index contributed by atoms with van der Waals surface area (Å²) in [5.41, 5.74) is -0.601. The van der Waals surface area contributed by atoms with Gasteiger partial charge in [-0.1, -0.05) is 27.7 Å². The van der Waals surface area contributed by atoms with Gasteiger partial charge in [0.1, 0.15) is 5.54 Å². The lowest BCUT2D eigenvalue weighted by Gasteiger charge is -2.35. The molecule has 0 aromatic rings. The Balaban J connectivity index is 4.76. The SMILES string of the molecule is CCC(CC)N(CCC(C)(NC)C(=O)OC)CC(C)C. The first-order valence-electron chi connectivity index (χ1n) is 7.85. The summed E-state index contributed by atoms with van der Waals surface area (Å²) in [4.78, 5) is 14.4. The zero-order valence-corrected chi connectivity index (χ0v) is 14.5. The molecule has 4 nitrogen and oxygen atoms in total. The summed E-state index contributed by atoms with van der Waals surface area (Å²) in [6, 6.07) is 0.594. The molecule has 0 spiro atoms. The van der Waals surface area contributed by atoms with E-state index in [0.717, 1.165) is 32.4 Å². The number of likely N-dealkylation sites (N-methyl/N-ethyl adjacent to an activating group) is 1. The molecule has 0 amide bonds. The van der Waals surface area contributed by atoms with Gasteiger partial charge in [-0.05, 0) is 39.2 Å². The summed E-state index contributed by atoms with van der Waals surface area (Å²) in [7, 11) is 3.27. The number of carbonyl (C=O) groups excluding carboxylic acids is 1. The summed E-state index contributed by atoms with van der Waals surface area (Å²) in [6.07, 6.45) is 3.06. The van der Waals surface area contributed by atoms with Crippen molar-refractivity contribution in [3.8, 4) is 0 Å². The van der Waals surface area contributed by atoms with Crippen molar-refractivity contribution in [2.45, 2.75) is 65.5 Å². The molecule has 0 bridgehead atoms. The quantitative estimate of drug-likeness (QED) is 0.627. The number of nitrogens with one attached hydrogen (secondary N) is 1. The molecular formula is C16H34N2O2. The van der Waals surface area contributed by atoms with Gasteiger partial charge in [0.05, 0.1) is 7.11 Å². The van der Waals surface area contributed by atoms with E-state index in [-0.39, 0.29) is 5.97 Å². The van der Waals surface area contributed by atoms with Crippen molar-refractivity contribution in [1.82, 2.24) is 10.2 Å². The Morgan fingerprint density at radius 2 is 1.85 bits per heavy atom. The molecule has 1 unspecified atom stereocenters. The third-order valence-corrected chi connectivity index (χ3v) is 4.15. The minimum Gasteiger partial charge on any atom is -0.468 e. The second-order valence-corrected chi connectivity index (χ2v) is 6.18. The summed E-state index contributed by atoms with van der Waals surface area (Å²) in [6.45, 7) is 12.9. The smallest absolute Gasteiger partial charge is 0.325 e. The van der Waals surface area contributed by atoms with E-state index < -0.39 is 5.54 Å². The molecule has 20 heavy (non-hydrogen) atoms. The van der Waals surface area contributed by atoms with Gasteiger partial charge in [-0.3, -0.25) is 4.79 Å². The van der Waals surface area contributed by atoms with Crippen LogP contribution in [0.1, 0.15) is 53.9 Å². The number of methoxy groups -OCH3 is 1. The van der Waals surface area contributed by atoms with Crippen LogP contribution in [0.15, 0.2) is 0 Å². The fourth-order valence-electron chi connectivity index (χ4n) is 2.62. The van der Waals surface area contributed by atoms with Gasteiger partial charge in [-0.15, -0.1) is 0 Å². The van der Waals surface area contributed by atoms with E-state index in [4.69, 9.17) is 4.74 Å². The maximum Gasteiger partial charge on any atom is 0.325 e. The number of nitrogens with zero attached hydrogens (tertiary/aromatic N) is 1. The maximum absolute atomic E-state index is 11.9. The fourth-order valence-corrected chi connectivity index (χ4v) is 2.62. The van der Waals surface area contributed by atoms with Crippen molar-refractivity contribution in [2.75, 3.05) is 27.2 Å². The Kier molecular flexibility index (Phi) is 9.06. The summed E-state index contributed by atoms with van der Waals surface area (Å²) >= 11 is 0. The van der Waals surface area contributed by atoms with Gasteiger partial charge in [0.2, 0.25) is 0 Å². The van der Waals surface area contributed by atoms with Crippen LogP contribution in [0.2, 0.25) is 0 Å². The van der Waals surface area contributed by atoms with Crippen LogP contribution in [0, 0.1) is 5.92 Å². The Morgan fingerprint density at radius 3 is 2.20 bits per heavy atom. The normalized spacial score (nSPS) is 14.9. The van der Waals surface area contributed by atoms with Crippen molar-refractivity contribution in [3.05, 3.63) is 0 Å². The molecule has 4 heteroatoms. The number of carbonyl (C=O) groups is 1. The van der Waals surface area contributed by atoms with Crippen molar-refractivity contribution >= 4 is 5.97 Å². The van der Waals surface area contributed by atoms with Crippen molar-refractivity contribution in [3.63, 3.8) is 0 Å². The van der Waals surface area contributed by atoms with Gasteiger partial charge in [0.15, 0.2) is 0 Å². The molecule has 0 aromatic heterocycles. The molecule has 0 heterocycles. The first-order chi connectivity index (χ1) is 9.34. The highest BCUT2D eigenvalue weighted by Crippen LogP contribution is 2.17. The second kappa shape index (κ2) is 9.35. The van der Waals surface area contributed by atoms with Gasteiger partial charge < -0.3 is 15.0 Å². The summed E-state index contributed by atoms with van der Waals surface area (Å²) in [5.74, 6) is 0.448. The summed E-state index contributed by atoms with van der Waals surface area (Å²) < 4.78 is 4.91. The molecule has 0 saturated carbocycles. The highest BCUT2D eigenvalue weighted by Gasteiger charge is 2.33. The molecule has 0 aliphatic carbocycles. The number of ether oxygens (including phenoxy) is 1. The van der Waals surface area contributed by atoms with Crippen LogP contribution in [-0.4, -0.2) is 49.7 Å². The van der Waals surface area contributed by atoms with E-state index in [1.165, 1.54) is 7.11 Å². The average molecular weight is 286 g/mol. The van der Waals surface area contributed by atoms with Gasteiger partial charge >= 0.3 is 5.97 Å². The zero-order chi connectivity index (χ0) is 15.8. The molecule has 0 saturated heterocycles. The van der Waals surface area contributed by atoms with E-state index in [0.29, 0.717) is 12.0 Å². The van der Waals surface area contributed by atoms with E-state index in [1.807, 2.05) is 14.0 Å². The third-order valence-electron chi connectivity index (χ3n) is 4.15. The molecular weight excluding hydrogens is 252 g/mol. The third kappa shape index (κ3) is 5.80. The molecule has 1 N–H and O–H groups in total. The second-order valence-electron chi connectivity index (χ2n) is 6.18. The molecule has 0 aliphatic heterocycles. The topological polar surface area (TPSA) is 41.6 Å². The minimum atomic E-state index is -0.601. The number of hydrogen-bond acceptors (Lipinski definition) is 4. The van der Waals surface area contributed by atoms with Crippen LogP contribution < -0.4 is 5.32 Å². The maximum atomic E-state index is 11.9. The highest BCUT2D eigenvalue weighted by atomic mass is 16.5. The van der Waals surface area contributed by atoms with Gasteiger partial charge in [0, 0.05) is 19.1 Å². The molecule has 1 atom stereocenters. The number of hydrogen-bond donors (Lipinski definition) is 1. The van der Waals surface area contributed by atoms with Crippen LogP contribution in [0.4, 0.5) is 0 Å². The van der Waals surface area contributed by atoms with E-state index in [9.17, 15) is 4.79 Å². The van der Waals surface area contributed by atoms with Crippen LogP contribution >= 0.6 is 0 Å². The number of esters is 1.